The van der Waals surface area contributed by atoms with Crippen LogP contribution in [0.25, 0.3) is 20.9 Å². The molecule has 260 valence electrons. The minimum absolute atomic E-state index is 0.0508. The predicted molar refractivity (Wildman–Crippen MR) is 163 cm³/mol. The molecule has 0 unspecified atom stereocenters. The van der Waals surface area contributed by atoms with E-state index in [1.807, 2.05) is 27.7 Å². The van der Waals surface area contributed by atoms with Crippen LogP contribution in [0.15, 0.2) is 10.2 Å². The van der Waals surface area contributed by atoms with Crippen LogP contribution >= 0.6 is 0 Å². The van der Waals surface area contributed by atoms with E-state index in [0.29, 0.717) is 12.8 Å². The summed E-state index contributed by atoms with van der Waals surface area (Å²) < 4.78 is 44.6. The van der Waals surface area contributed by atoms with E-state index >= 15 is 0 Å². The minimum atomic E-state index is -0.737. The number of ether oxygens (including phenoxy) is 8. The second kappa shape index (κ2) is 16.9. The van der Waals surface area contributed by atoms with Gasteiger partial charge in [0.1, 0.15) is 24.4 Å². The van der Waals surface area contributed by atoms with Gasteiger partial charge in [-0.1, -0.05) is 36.9 Å². The second-order valence-corrected chi connectivity index (χ2v) is 12.9. The molecule has 4 rings (SSSR count). The number of hydrogen-bond acceptors (Lipinski definition) is 12. The fraction of sp³-hybridized carbons (Fsp3) is 0.933. The third kappa shape index (κ3) is 10.7. The van der Waals surface area contributed by atoms with Gasteiger partial charge in [-0.05, 0) is 63.4 Å². The molecule has 0 N–H and O–H groups in total. The standard InChI is InChI=1S/2C15H25N3O5/c2*1-5-6-9(7-11(19)20-4)12-14(21-12)13-10(8-17-18-16)22-15(2,3)23-13/h2*9-10,12-14H,5-8H2,1-4H3/t9-,10+,12+,13+,14-;9-,10+,12-,13+,14+/m00/s1. The first-order chi connectivity index (χ1) is 21.8. The Hall–Kier alpha value is -2.68. The second-order valence-electron chi connectivity index (χ2n) is 12.9. The van der Waals surface area contributed by atoms with Gasteiger partial charge in [-0.2, -0.15) is 0 Å². The van der Waals surface area contributed by atoms with E-state index in [4.69, 9.17) is 49.0 Å². The van der Waals surface area contributed by atoms with Gasteiger partial charge in [0.05, 0.1) is 64.6 Å². The number of rotatable bonds is 16. The van der Waals surface area contributed by atoms with Gasteiger partial charge in [-0.3, -0.25) is 9.59 Å². The number of esters is 2. The van der Waals surface area contributed by atoms with Crippen molar-refractivity contribution in [2.45, 2.75) is 140 Å². The van der Waals surface area contributed by atoms with Gasteiger partial charge in [-0.25, -0.2) is 0 Å². The predicted octanol–water partition coefficient (Wildman–Crippen LogP) is 5.13. The zero-order valence-corrected chi connectivity index (χ0v) is 28.2. The number of epoxide rings is 2. The van der Waals surface area contributed by atoms with Crippen LogP contribution in [0, 0.1) is 11.8 Å². The van der Waals surface area contributed by atoms with Gasteiger partial charge in [0.15, 0.2) is 11.6 Å². The van der Waals surface area contributed by atoms with Crippen LogP contribution in [-0.4, -0.2) is 99.7 Å². The van der Waals surface area contributed by atoms with Gasteiger partial charge >= 0.3 is 11.9 Å². The van der Waals surface area contributed by atoms with Crippen molar-refractivity contribution in [1.29, 1.82) is 0 Å². The smallest absolute Gasteiger partial charge is 0.305 e. The molecule has 0 aromatic rings. The molecule has 0 saturated carbocycles. The lowest BCUT2D eigenvalue weighted by Gasteiger charge is -2.17. The first kappa shape index (κ1) is 37.8. The Morgan fingerprint density at radius 2 is 1.07 bits per heavy atom. The van der Waals surface area contributed by atoms with E-state index in [2.05, 4.69) is 33.9 Å². The van der Waals surface area contributed by atoms with E-state index in [9.17, 15) is 9.59 Å². The summed E-state index contributed by atoms with van der Waals surface area (Å²) in [5.74, 6) is -1.73. The molecule has 0 bridgehead atoms. The average molecular weight is 655 g/mol. The first-order valence-electron chi connectivity index (χ1n) is 16.0. The minimum Gasteiger partial charge on any atom is -0.469 e. The number of methoxy groups -OCH3 is 2. The zero-order valence-electron chi connectivity index (χ0n) is 28.2. The molecule has 0 aliphatic carbocycles. The van der Waals surface area contributed by atoms with Crippen LogP contribution in [0.5, 0.6) is 0 Å². The fourth-order valence-corrected chi connectivity index (χ4v) is 6.46. The molecule has 0 radical (unpaired) electrons. The molecule has 4 aliphatic heterocycles. The summed E-state index contributed by atoms with van der Waals surface area (Å²) in [6, 6.07) is 0. The molecule has 4 heterocycles. The molecule has 0 aromatic carbocycles. The lowest BCUT2D eigenvalue weighted by Crippen LogP contribution is -2.33. The monoisotopic (exact) mass is 654 g/mol. The molecular formula is C30H50N6O10. The summed E-state index contributed by atoms with van der Waals surface area (Å²) in [7, 11) is 2.78. The Morgan fingerprint density at radius 3 is 1.37 bits per heavy atom. The van der Waals surface area contributed by atoms with Crippen molar-refractivity contribution in [1.82, 2.24) is 0 Å². The summed E-state index contributed by atoms with van der Waals surface area (Å²) in [6.45, 7) is 11.8. The van der Waals surface area contributed by atoms with Crippen LogP contribution in [-0.2, 0) is 47.5 Å². The van der Waals surface area contributed by atoms with Crippen LogP contribution < -0.4 is 0 Å². The lowest BCUT2D eigenvalue weighted by atomic mass is 9.92. The highest BCUT2D eigenvalue weighted by atomic mass is 16.8. The number of carbonyl (C=O) groups is 2. The quantitative estimate of drug-likeness (QED) is 0.0703. The van der Waals surface area contributed by atoms with Gasteiger partial charge in [-0.15, -0.1) is 0 Å². The van der Waals surface area contributed by atoms with E-state index < -0.39 is 11.6 Å². The lowest BCUT2D eigenvalue weighted by molar-refractivity contribution is -0.147. The fourth-order valence-electron chi connectivity index (χ4n) is 6.46. The number of hydrogen-bond donors (Lipinski definition) is 0. The van der Waals surface area contributed by atoms with Crippen molar-refractivity contribution >= 4 is 11.9 Å². The summed E-state index contributed by atoms with van der Waals surface area (Å²) >= 11 is 0. The SMILES string of the molecule is CCC[C@@H](CC(=O)OC)[C@@H]1O[C@H]1[C@@H]1OC(C)(C)O[C@@H]1CN=[N+]=[N-].CCC[C@@H](CC(=O)OC)[C@H]1O[C@@H]1[C@@H]1OC(C)(C)O[C@@H]1CN=[N+]=[N-]. The summed E-state index contributed by atoms with van der Waals surface area (Å²) in [5, 5.41) is 7.19. The molecule has 0 aromatic heterocycles. The molecule has 4 aliphatic rings. The largest absolute Gasteiger partial charge is 0.469 e. The normalized spacial score (nSPS) is 32.9. The van der Waals surface area contributed by atoms with Crippen LogP contribution in [0.3, 0.4) is 0 Å². The highest BCUT2D eigenvalue weighted by Gasteiger charge is 2.58. The van der Waals surface area contributed by atoms with Gasteiger partial charge in [0.25, 0.3) is 0 Å². The van der Waals surface area contributed by atoms with Crippen molar-refractivity contribution in [3.63, 3.8) is 0 Å². The summed E-state index contributed by atoms with van der Waals surface area (Å²) in [6.07, 6.45) is 2.72. The van der Waals surface area contributed by atoms with E-state index in [0.717, 1.165) is 25.7 Å². The molecule has 0 amide bonds. The number of nitrogens with zero attached hydrogens (tertiary/aromatic N) is 6. The Balaban J connectivity index is 0.000000250. The van der Waals surface area contributed by atoms with E-state index in [-0.39, 0.29) is 85.7 Å². The molecule has 10 atom stereocenters. The molecular weight excluding hydrogens is 604 g/mol. The van der Waals surface area contributed by atoms with Crippen molar-refractivity contribution in [2.75, 3.05) is 27.3 Å². The summed E-state index contributed by atoms with van der Waals surface area (Å²) in [4.78, 5) is 28.7. The summed E-state index contributed by atoms with van der Waals surface area (Å²) in [5.41, 5.74) is 17.0. The number of azide groups is 2. The molecule has 46 heavy (non-hydrogen) atoms. The average Bonchev–Trinajstić information content (AvgIpc) is 3.92. The molecule has 4 saturated heterocycles. The Bertz CT molecular complexity index is 1040. The van der Waals surface area contributed by atoms with Gasteiger partial charge in [0, 0.05) is 9.82 Å². The van der Waals surface area contributed by atoms with Crippen LogP contribution in [0.2, 0.25) is 0 Å². The van der Waals surface area contributed by atoms with Crippen molar-refractivity contribution in [3.8, 4) is 0 Å². The van der Waals surface area contributed by atoms with Crippen LogP contribution in [0.4, 0.5) is 0 Å². The van der Waals surface area contributed by atoms with Gasteiger partial charge in [0.2, 0.25) is 0 Å². The topological polar surface area (TPSA) is 212 Å². The Labute approximate surface area is 270 Å². The number of carbonyl (C=O) groups excluding carboxylic acids is 2. The Kier molecular flexibility index (Phi) is 13.9. The third-order valence-corrected chi connectivity index (χ3v) is 8.42. The maximum Gasteiger partial charge on any atom is 0.305 e. The maximum absolute atomic E-state index is 11.6. The van der Waals surface area contributed by atoms with Crippen molar-refractivity contribution in [3.05, 3.63) is 20.9 Å². The molecule has 4 fully saturated rings. The van der Waals surface area contributed by atoms with Crippen LogP contribution in [0.1, 0.15) is 80.1 Å². The van der Waals surface area contributed by atoms with Gasteiger partial charge < -0.3 is 37.9 Å². The third-order valence-electron chi connectivity index (χ3n) is 8.42. The van der Waals surface area contributed by atoms with E-state index in [1.165, 1.54) is 14.2 Å². The molecule has 0 spiro atoms. The highest BCUT2D eigenvalue weighted by Crippen LogP contribution is 2.44. The molecule has 16 heteroatoms. The zero-order chi connectivity index (χ0) is 34.1. The highest BCUT2D eigenvalue weighted by molar-refractivity contribution is 5.70. The maximum atomic E-state index is 11.6. The molecule has 16 nitrogen and oxygen atoms in total. The van der Waals surface area contributed by atoms with Crippen molar-refractivity contribution in [2.24, 2.45) is 22.1 Å². The Morgan fingerprint density at radius 1 is 0.696 bits per heavy atom. The first-order valence-corrected chi connectivity index (χ1v) is 16.0. The van der Waals surface area contributed by atoms with Crippen molar-refractivity contribution < 1.29 is 47.5 Å². The van der Waals surface area contributed by atoms with E-state index in [1.54, 1.807) is 0 Å².